The van der Waals surface area contributed by atoms with Crippen molar-refractivity contribution in [2.45, 2.75) is 12.8 Å². The predicted molar refractivity (Wildman–Crippen MR) is 38.5 cm³/mol. The largest absolute Gasteiger partial charge is 0.271 e. The molecule has 0 radical (unpaired) electrons. The van der Waals surface area contributed by atoms with Crippen LogP contribution in [0.5, 0.6) is 0 Å². The quantitative estimate of drug-likeness (QED) is 0.500. The average molecular weight is 138 g/mol. The summed E-state index contributed by atoms with van der Waals surface area (Å²) in [6, 6.07) is 0. The van der Waals surface area contributed by atoms with Crippen LogP contribution in [0.3, 0.4) is 0 Å². The fourth-order valence-electron chi connectivity index (χ4n) is 1.01. The number of hydrazone groups is 1. The second-order valence-corrected chi connectivity index (χ2v) is 2.62. The Balaban J connectivity index is 2.06. The Kier molecular flexibility index (Phi) is 1.14. The molecule has 1 aliphatic heterocycles. The molecule has 10 heavy (non-hydrogen) atoms. The first-order valence-corrected chi connectivity index (χ1v) is 3.42. The summed E-state index contributed by atoms with van der Waals surface area (Å²) in [7, 11) is 0. The smallest absolute Gasteiger partial charge is 0.0524 e. The van der Waals surface area contributed by atoms with Gasteiger partial charge >= 0.3 is 0 Å². The molecule has 54 valence electrons. The van der Waals surface area contributed by atoms with E-state index in [9.17, 15) is 0 Å². The summed E-state index contributed by atoms with van der Waals surface area (Å²) >= 11 is 0. The highest BCUT2D eigenvalue weighted by Crippen LogP contribution is 2.35. The van der Waals surface area contributed by atoms with Gasteiger partial charge in [-0.2, -0.15) is 0 Å². The monoisotopic (exact) mass is 138 g/mol. The fraction of sp³-hybridized carbons (Fsp3) is 0.500. The third-order valence-electron chi connectivity index (χ3n) is 1.71. The molecule has 1 saturated carbocycles. The van der Waals surface area contributed by atoms with E-state index in [0.717, 1.165) is 0 Å². The van der Waals surface area contributed by atoms with Crippen LogP contribution in [0.1, 0.15) is 12.8 Å². The van der Waals surface area contributed by atoms with Crippen LogP contribution in [0.4, 0.5) is 0 Å². The van der Waals surface area contributed by atoms with E-state index in [0.29, 0.717) is 5.92 Å². The topological polar surface area (TPSA) is 53.6 Å². The number of nitrogens with zero attached hydrogens (tertiary/aromatic N) is 2. The Morgan fingerprint density at radius 3 is 3.10 bits per heavy atom. The van der Waals surface area contributed by atoms with E-state index in [-0.39, 0.29) is 0 Å². The Hall–Kier alpha value is -1.03. The highest BCUT2D eigenvalue weighted by molar-refractivity contribution is 5.72. The van der Waals surface area contributed by atoms with Crippen molar-refractivity contribution in [3.8, 4) is 0 Å². The molecule has 0 bridgehead atoms. The lowest BCUT2D eigenvalue weighted by Gasteiger charge is -2.19. The van der Waals surface area contributed by atoms with Crippen LogP contribution in [0.15, 0.2) is 16.9 Å². The van der Waals surface area contributed by atoms with Gasteiger partial charge in [0.15, 0.2) is 0 Å². The second-order valence-electron chi connectivity index (χ2n) is 2.62. The molecule has 0 amide bonds. The number of hydrogen-bond acceptors (Lipinski definition) is 4. The van der Waals surface area contributed by atoms with Gasteiger partial charge in [-0.15, -0.1) is 10.3 Å². The van der Waals surface area contributed by atoms with Crippen molar-refractivity contribution in [2.75, 3.05) is 0 Å². The normalized spacial score (nSPS) is 24.1. The highest BCUT2D eigenvalue weighted by Gasteiger charge is 2.27. The van der Waals surface area contributed by atoms with E-state index in [2.05, 4.69) is 10.5 Å². The minimum absolute atomic E-state index is 0.706. The lowest BCUT2D eigenvalue weighted by molar-refractivity contribution is 0.221. The van der Waals surface area contributed by atoms with Crippen LogP contribution in [0, 0.1) is 5.92 Å². The summed E-state index contributed by atoms with van der Waals surface area (Å²) in [5, 5.41) is 5.03. The van der Waals surface area contributed by atoms with Crippen LogP contribution in [-0.4, -0.2) is 11.4 Å². The van der Waals surface area contributed by atoms with E-state index in [1.807, 2.05) is 6.08 Å². The Morgan fingerprint density at radius 1 is 1.70 bits per heavy atom. The number of nitrogens with two attached hydrogens (primary N) is 1. The first-order valence-electron chi connectivity index (χ1n) is 3.42. The molecule has 0 unspecified atom stereocenters. The molecular weight excluding hydrogens is 128 g/mol. The summed E-state index contributed by atoms with van der Waals surface area (Å²) in [5.41, 5.74) is 4.14. The first kappa shape index (κ1) is 5.73. The minimum atomic E-state index is 0.706. The van der Waals surface area contributed by atoms with Crippen molar-refractivity contribution >= 4 is 6.21 Å². The molecule has 0 aromatic heterocycles. The predicted octanol–water partition coefficient (Wildman–Crippen LogP) is -0.0400. The zero-order chi connectivity index (χ0) is 6.97. The Labute approximate surface area is 59.3 Å². The van der Waals surface area contributed by atoms with Gasteiger partial charge in [0, 0.05) is 11.6 Å². The van der Waals surface area contributed by atoms with E-state index in [1.165, 1.54) is 23.8 Å². The summed E-state index contributed by atoms with van der Waals surface area (Å²) in [6.45, 7) is 0. The molecule has 0 aromatic carbocycles. The highest BCUT2D eigenvalue weighted by atomic mass is 15.8. The van der Waals surface area contributed by atoms with Crippen LogP contribution in [-0.2, 0) is 0 Å². The van der Waals surface area contributed by atoms with Crippen molar-refractivity contribution in [3.05, 3.63) is 11.8 Å². The molecule has 1 aliphatic carbocycles. The van der Waals surface area contributed by atoms with E-state index in [1.54, 1.807) is 6.21 Å². The Bertz CT molecular complexity index is 192. The number of rotatable bonds is 1. The lowest BCUT2D eigenvalue weighted by Crippen LogP contribution is -2.41. The third kappa shape index (κ3) is 0.974. The molecule has 1 heterocycles. The lowest BCUT2D eigenvalue weighted by atomic mass is 10.3. The van der Waals surface area contributed by atoms with Crippen LogP contribution in [0.25, 0.3) is 0 Å². The van der Waals surface area contributed by atoms with Crippen molar-refractivity contribution in [3.63, 3.8) is 0 Å². The molecule has 0 atom stereocenters. The summed E-state index contributed by atoms with van der Waals surface area (Å²) in [5.74, 6) is 6.08. The fourth-order valence-corrected chi connectivity index (χ4v) is 1.01. The number of nitrogens with one attached hydrogen (secondary N) is 1. The first-order chi connectivity index (χ1) is 4.86. The van der Waals surface area contributed by atoms with Crippen LogP contribution >= 0.6 is 0 Å². The number of hydrazine groups is 2. The molecule has 3 N–H and O–H groups in total. The third-order valence-corrected chi connectivity index (χ3v) is 1.71. The molecule has 4 heteroatoms. The van der Waals surface area contributed by atoms with Gasteiger partial charge in [0.2, 0.25) is 0 Å². The van der Waals surface area contributed by atoms with Gasteiger partial charge in [-0.05, 0) is 18.9 Å². The summed E-state index contributed by atoms with van der Waals surface area (Å²) < 4.78 is 0. The van der Waals surface area contributed by atoms with Crippen molar-refractivity contribution in [2.24, 2.45) is 16.9 Å². The zero-order valence-electron chi connectivity index (χ0n) is 5.62. The van der Waals surface area contributed by atoms with Gasteiger partial charge < -0.3 is 0 Å². The SMILES string of the molecule is NN1N=CC=C(C2CC2)N1. The van der Waals surface area contributed by atoms with Gasteiger partial charge in [-0.1, -0.05) is 0 Å². The van der Waals surface area contributed by atoms with Crippen molar-refractivity contribution in [1.82, 2.24) is 10.7 Å². The summed E-state index contributed by atoms with van der Waals surface area (Å²) in [4.78, 5) is 0. The van der Waals surface area contributed by atoms with E-state index in [4.69, 9.17) is 5.84 Å². The van der Waals surface area contributed by atoms with E-state index < -0.39 is 0 Å². The maximum absolute atomic E-state index is 5.37. The number of hydrogen-bond donors (Lipinski definition) is 2. The van der Waals surface area contributed by atoms with E-state index >= 15 is 0 Å². The van der Waals surface area contributed by atoms with Gasteiger partial charge in [-0.25, -0.2) is 5.84 Å². The van der Waals surface area contributed by atoms with Gasteiger partial charge in [0.1, 0.15) is 0 Å². The minimum Gasteiger partial charge on any atom is -0.271 e. The maximum atomic E-state index is 5.37. The molecule has 0 spiro atoms. The molecule has 2 rings (SSSR count). The maximum Gasteiger partial charge on any atom is 0.0524 e. The van der Waals surface area contributed by atoms with Gasteiger partial charge in [0.05, 0.1) is 6.21 Å². The zero-order valence-corrected chi connectivity index (χ0v) is 5.62. The van der Waals surface area contributed by atoms with Crippen LogP contribution in [0.2, 0.25) is 0 Å². The van der Waals surface area contributed by atoms with Crippen LogP contribution < -0.4 is 11.3 Å². The molecule has 1 fully saturated rings. The second kappa shape index (κ2) is 1.98. The van der Waals surface area contributed by atoms with Crippen molar-refractivity contribution < 1.29 is 0 Å². The average Bonchev–Trinajstić information content (AvgIpc) is 2.68. The Morgan fingerprint density at radius 2 is 2.50 bits per heavy atom. The molecule has 0 aromatic rings. The summed E-state index contributed by atoms with van der Waals surface area (Å²) in [6.07, 6.45) is 6.24. The standard InChI is InChI=1S/C6H10N4/c7-10-8-4-3-6(9-10)5-1-2-5/h3-5,9H,1-2,7H2. The van der Waals surface area contributed by atoms with Gasteiger partial charge in [-0.3, -0.25) is 5.43 Å². The molecular formula is C6H10N4. The van der Waals surface area contributed by atoms with Crippen molar-refractivity contribution in [1.29, 1.82) is 0 Å². The number of allylic oxidation sites excluding steroid dienone is 2. The van der Waals surface area contributed by atoms with Gasteiger partial charge in [0.25, 0.3) is 0 Å². The molecule has 2 aliphatic rings. The molecule has 4 nitrogen and oxygen atoms in total. The molecule has 0 saturated heterocycles.